The van der Waals surface area contributed by atoms with Crippen molar-refractivity contribution in [2.24, 2.45) is 0 Å². The molecule has 6 rings (SSSR count). The molecule has 0 saturated carbocycles. The van der Waals surface area contributed by atoms with Gasteiger partial charge in [0.15, 0.2) is 9.79 Å². The second kappa shape index (κ2) is 15.2. The van der Waals surface area contributed by atoms with E-state index >= 15 is 0 Å². The van der Waals surface area contributed by atoms with Crippen LogP contribution in [0.25, 0.3) is 21.5 Å². The van der Waals surface area contributed by atoms with Crippen LogP contribution in [0.3, 0.4) is 0 Å². The number of benzene rings is 4. The summed E-state index contributed by atoms with van der Waals surface area (Å²) in [7, 11) is 0.700. The highest BCUT2D eigenvalue weighted by molar-refractivity contribution is 7.97. The summed E-state index contributed by atoms with van der Waals surface area (Å²) in [5.41, 5.74) is -0.552. The Hall–Kier alpha value is -3.03. The number of hydrogen-bond acceptors (Lipinski definition) is 4. The van der Waals surface area contributed by atoms with E-state index in [1.807, 2.05) is 25.7 Å². The first-order chi connectivity index (χ1) is 22.4. The zero-order valence-electron chi connectivity index (χ0n) is 27.7. The highest BCUT2D eigenvalue weighted by atomic mass is 32.2. The third-order valence-corrected chi connectivity index (χ3v) is 13.8. The molecule has 1 amide bonds. The summed E-state index contributed by atoms with van der Waals surface area (Å²) in [5.74, 6) is 7.06. The number of fused-ring (bicyclic) bond motifs is 2. The molecule has 7 heteroatoms. The van der Waals surface area contributed by atoms with Crippen LogP contribution in [-0.4, -0.2) is 65.9 Å². The van der Waals surface area contributed by atoms with Crippen LogP contribution in [0.4, 0.5) is 4.79 Å². The minimum atomic E-state index is -0.552. The van der Waals surface area contributed by atoms with Crippen LogP contribution in [0.2, 0.25) is 0 Å². The van der Waals surface area contributed by atoms with Crippen LogP contribution in [0, 0.1) is 0 Å². The average Bonchev–Trinajstić information content (AvgIpc) is 3.79. The maximum Gasteiger partial charge on any atom is 0.410 e. The SMILES string of the molecule is CC(C)(C)OC(=O)N(CCCOc1ccc([S+]2CCCC2)c2ccccc12)CCCOc1ccc([S+]2CCCC2)c2ccccc12. The van der Waals surface area contributed by atoms with E-state index < -0.39 is 5.60 Å². The molecule has 0 N–H and O–H groups in total. The summed E-state index contributed by atoms with van der Waals surface area (Å²) in [4.78, 5) is 18.0. The van der Waals surface area contributed by atoms with E-state index in [9.17, 15) is 4.79 Å². The summed E-state index contributed by atoms with van der Waals surface area (Å²) in [5, 5.41) is 5.01. The van der Waals surface area contributed by atoms with Gasteiger partial charge in [0.2, 0.25) is 0 Å². The van der Waals surface area contributed by atoms with Gasteiger partial charge in [-0.1, -0.05) is 36.4 Å². The van der Waals surface area contributed by atoms with Crippen molar-refractivity contribution in [1.29, 1.82) is 0 Å². The first-order valence-electron chi connectivity index (χ1n) is 17.0. The van der Waals surface area contributed by atoms with Crippen LogP contribution < -0.4 is 9.47 Å². The molecule has 4 aromatic carbocycles. The Morgan fingerprint density at radius 1 is 0.630 bits per heavy atom. The van der Waals surface area contributed by atoms with Gasteiger partial charge in [-0.05, 0) is 95.7 Å². The lowest BCUT2D eigenvalue weighted by molar-refractivity contribution is 0.0234. The van der Waals surface area contributed by atoms with Gasteiger partial charge in [0, 0.05) is 56.4 Å². The van der Waals surface area contributed by atoms with Crippen LogP contribution in [0.15, 0.2) is 82.6 Å². The van der Waals surface area contributed by atoms with Crippen molar-refractivity contribution in [2.45, 2.75) is 74.7 Å². The maximum absolute atomic E-state index is 13.2. The van der Waals surface area contributed by atoms with Gasteiger partial charge in [0.1, 0.15) is 40.1 Å². The van der Waals surface area contributed by atoms with Crippen LogP contribution in [0.1, 0.15) is 59.3 Å². The first kappa shape index (κ1) is 32.9. The van der Waals surface area contributed by atoms with Gasteiger partial charge >= 0.3 is 6.09 Å². The van der Waals surface area contributed by atoms with Crippen LogP contribution >= 0.6 is 0 Å². The number of nitrogens with zero attached hydrogens (tertiary/aromatic N) is 1. The number of carbonyl (C=O) groups is 1. The molecule has 0 aromatic heterocycles. The van der Waals surface area contributed by atoms with Crippen molar-refractivity contribution in [3.8, 4) is 11.5 Å². The van der Waals surface area contributed by atoms with Gasteiger partial charge < -0.3 is 19.1 Å². The number of ether oxygens (including phenoxy) is 3. The van der Waals surface area contributed by atoms with Crippen molar-refractivity contribution in [1.82, 2.24) is 4.90 Å². The molecular formula is C39H49NO4S2+2. The van der Waals surface area contributed by atoms with Crippen molar-refractivity contribution in [2.75, 3.05) is 49.3 Å². The Bertz CT molecular complexity index is 1510. The predicted molar refractivity (Wildman–Crippen MR) is 195 cm³/mol. The highest BCUT2D eigenvalue weighted by Gasteiger charge is 2.30. The molecule has 2 heterocycles. The van der Waals surface area contributed by atoms with Crippen molar-refractivity contribution < 1.29 is 19.0 Å². The van der Waals surface area contributed by atoms with E-state index in [1.165, 1.54) is 80.0 Å². The van der Waals surface area contributed by atoms with Crippen LogP contribution in [0.5, 0.6) is 11.5 Å². The molecule has 244 valence electrons. The Morgan fingerprint density at radius 3 is 1.46 bits per heavy atom. The number of carbonyl (C=O) groups excluding carboxylic acids is 1. The quantitative estimate of drug-likeness (QED) is 0.113. The van der Waals surface area contributed by atoms with E-state index in [2.05, 4.69) is 72.8 Å². The van der Waals surface area contributed by atoms with E-state index in [4.69, 9.17) is 14.2 Å². The molecule has 0 atom stereocenters. The monoisotopic (exact) mass is 659 g/mol. The van der Waals surface area contributed by atoms with E-state index in [-0.39, 0.29) is 6.09 Å². The molecule has 4 aromatic rings. The minimum Gasteiger partial charge on any atom is -0.493 e. The zero-order valence-corrected chi connectivity index (χ0v) is 29.4. The molecule has 0 bridgehead atoms. The van der Waals surface area contributed by atoms with Crippen molar-refractivity contribution in [3.63, 3.8) is 0 Å². The van der Waals surface area contributed by atoms with E-state index in [0.717, 1.165) is 11.5 Å². The molecule has 5 nitrogen and oxygen atoms in total. The maximum atomic E-state index is 13.2. The molecule has 0 spiro atoms. The lowest BCUT2D eigenvalue weighted by Crippen LogP contribution is -2.38. The molecule has 2 saturated heterocycles. The first-order valence-corrected chi connectivity index (χ1v) is 20.1. The summed E-state index contributed by atoms with van der Waals surface area (Å²) < 4.78 is 18.5. The second-order valence-corrected chi connectivity index (χ2v) is 17.8. The third-order valence-electron chi connectivity index (χ3n) is 8.68. The summed E-state index contributed by atoms with van der Waals surface area (Å²) in [6, 6.07) is 26.1. The molecule has 2 aliphatic heterocycles. The fraction of sp³-hybridized carbons (Fsp3) is 0.462. The van der Waals surface area contributed by atoms with Gasteiger partial charge in [-0.25, -0.2) is 4.79 Å². The smallest absolute Gasteiger partial charge is 0.410 e. The standard InChI is InChI=1S/C39H49NO4S2/c1-39(2,3)44-38(41)40(22-12-24-42-34-18-20-36(45-26-8-9-27-45)32-16-6-4-14-30(32)34)23-13-25-43-35-19-21-37(46-28-10-11-29-46)33-17-7-5-15-31(33)35/h4-7,14-21H,8-13,22-29H2,1-3H3/q+2. The fourth-order valence-electron chi connectivity index (χ4n) is 6.49. The number of rotatable bonds is 12. The summed E-state index contributed by atoms with van der Waals surface area (Å²) in [6.07, 6.45) is 6.48. The number of hydrogen-bond donors (Lipinski definition) is 0. The third kappa shape index (κ3) is 8.09. The largest absolute Gasteiger partial charge is 0.493 e. The molecule has 46 heavy (non-hydrogen) atoms. The van der Waals surface area contributed by atoms with E-state index in [0.29, 0.717) is 60.9 Å². The van der Waals surface area contributed by atoms with Gasteiger partial charge in [-0.15, -0.1) is 0 Å². The molecule has 0 unspecified atom stereocenters. The predicted octanol–water partition coefficient (Wildman–Crippen LogP) is 9.01. The van der Waals surface area contributed by atoms with E-state index in [1.54, 1.807) is 0 Å². The van der Waals surface area contributed by atoms with Gasteiger partial charge in [0.25, 0.3) is 0 Å². The Kier molecular flexibility index (Phi) is 10.9. The topological polar surface area (TPSA) is 48.0 Å². The number of amides is 1. The summed E-state index contributed by atoms with van der Waals surface area (Å²) >= 11 is 0. The second-order valence-electron chi connectivity index (χ2n) is 13.3. The van der Waals surface area contributed by atoms with Crippen molar-refractivity contribution >= 4 is 49.4 Å². The Labute approximate surface area is 280 Å². The molecule has 0 aliphatic carbocycles. The molecule has 0 radical (unpaired) electrons. The van der Waals surface area contributed by atoms with Crippen molar-refractivity contribution in [3.05, 3.63) is 72.8 Å². The molecular weight excluding hydrogens is 611 g/mol. The Balaban J connectivity index is 1.05. The summed E-state index contributed by atoms with van der Waals surface area (Å²) in [6.45, 7) is 7.93. The molecule has 2 fully saturated rings. The fourth-order valence-corrected chi connectivity index (χ4v) is 11.5. The lowest BCUT2D eigenvalue weighted by atomic mass is 10.1. The minimum absolute atomic E-state index is 0.285. The normalized spacial score (nSPS) is 15.9. The molecule has 2 aliphatic rings. The van der Waals surface area contributed by atoms with Gasteiger partial charge in [-0.3, -0.25) is 0 Å². The van der Waals surface area contributed by atoms with Crippen LogP contribution in [-0.2, 0) is 26.5 Å². The van der Waals surface area contributed by atoms with Gasteiger partial charge in [0.05, 0.1) is 13.2 Å². The zero-order chi connectivity index (χ0) is 31.9. The highest BCUT2D eigenvalue weighted by Crippen LogP contribution is 2.36. The Morgan fingerprint density at radius 2 is 1.04 bits per heavy atom. The lowest BCUT2D eigenvalue weighted by Gasteiger charge is -2.27. The van der Waals surface area contributed by atoms with Gasteiger partial charge in [-0.2, -0.15) is 0 Å². The average molecular weight is 660 g/mol.